The van der Waals surface area contributed by atoms with Crippen LogP contribution in [0.5, 0.6) is 0 Å². The number of benzene rings is 1. The molecule has 0 radical (unpaired) electrons. The Kier molecular flexibility index (Phi) is 2.57. The van der Waals surface area contributed by atoms with Gasteiger partial charge in [-0.15, -0.1) is 3.89 Å². The molecule has 15 heavy (non-hydrogen) atoms. The molecule has 0 unspecified atom stereocenters. The Morgan fingerprint density at radius 1 is 1.47 bits per heavy atom. The Hall–Kier alpha value is -1.60. The summed E-state index contributed by atoms with van der Waals surface area (Å²) in [5.74, 6) is 5.11. The summed E-state index contributed by atoms with van der Waals surface area (Å²) in [6, 6.07) is 6.67. The molecule has 2 aromatic rings. The Morgan fingerprint density at radius 3 is 2.87 bits per heavy atom. The maximum absolute atomic E-state index is 12.5. The van der Waals surface area contributed by atoms with Gasteiger partial charge in [-0.1, -0.05) is 12.1 Å². The molecule has 7 heteroatoms. The van der Waals surface area contributed by atoms with Gasteiger partial charge in [-0.25, -0.2) is 10.8 Å². The highest BCUT2D eigenvalue weighted by Crippen LogP contribution is 2.15. The molecular weight excluding hydrogens is 219 g/mol. The molecule has 78 valence electrons. The van der Waals surface area contributed by atoms with Crippen LogP contribution >= 0.6 is 12.3 Å². The first-order chi connectivity index (χ1) is 7.27. The van der Waals surface area contributed by atoms with Gasteiger partial charge in [-0.05, 0) is 12.1 Å². The average Bonchev–Trinajstić information content (AvgIpc) is 2.29. The van der Waals surface area contributed by atoms with Crippen molar-refractivity contribution >= 4 is 29.2 Å². The van der Waals surface area contributed by atoms with Crippen molar-refractivity contribution in [3.8, 4) is 0 Å². The Bertz CT molecular complexity index is 556. The van der Waals surface area contributed by atoms with Crippen molar-refractivity contribution in [1.29, 1.82) is 0 Å². The molecule has 5 nitrogen and oxygen atoms in total. The summed E-state index contributed by atoms with van der Waals surface area (Å²) in [5.41, 5.74) is 2.16. The van der Waals surface area contributed by atoms with Gasteiger partial charge in [-0.2, -0.15) is 3.97 Å². The van der Waals surface area contributed by atoms with Crippen molar-refractivity contribution in [3.05, 3.63) is 34.6 Å². The molecule has 1 aromatic carbocycles. The number of para-hydroxylation sites is 1. The summed E-state index contributed by atoms with van der Waals surface area (Å²) in [5, 5.41) is 0.349. The number of hydrazine groups is 1. The van der Waals surface area contributed by atoms with Crippen molar-refractivity contribution in [1.82, 2.24) is 8.96 Å². The molecular formula is C8H7FN4OS. The van der Waals surface area contributed by atoms with Gasteiger partial charge in [0.25, 0.3) is 5.56 Å². The quantitative estimate of drug-likeness (QED) is 0.591. The molecule has 0 spiro atoms. The summed E-state index contributed by atoms with van der Waals surface area (Å²) in [6.07, 6.45) is 0. The van der Waals surface area contributed by atoms with Gasteiger partial charge in [0.05, 0.1) is 10.9 Å². The van der Waals surface area contributed by atoms with Crippen LogP contribution in [0.3, 0.4) is 0 Å². The minimum Gasteiger partial charge on any atom is -0.293 e. The second-order valence-corrected chi connectivity index (χ2v) is 3.27. The monoisotopic (exact) mass is 226 g/mol. The van der Waals surface area contributed by atoms with Crippen molar-refractivity contribution in [2.24, 2.45) is 5.84 Å². The maximum Gasteiger partial charge on any atom is 0.274 e. The summed E-state index contributed by atoms with van der Waals surface area (Å²) in [6.45, 7) is 0. The second kappa shape index (κ2) is 3.87. The number of fused-ring (bicyclic) bond motifs is 1. The van der Waals surface area contributed by atoms with Gasteiger partial charge in [0.2, 0.25) is 5.95 Å². The molecule has 1 aromatic heterocycles. The van der Waals surface area contributed by atoms with E-state index in [1.807, 2.05) is 0 Å². The Morgan fingerprint density at radius 2 is 2.20 bits per heavy atom. The number of hydrogen-bond acceptors (Lipinski definition) is 5. The van der Waals surface area contributed by atoms with Crippen molar-refractivity contribution < 1.29 is 3.89 Å². The van der Waals surface area contributed by atoms with Crippen molar-refractivity contribution in [2.45, 2.75) is 0 Å². The van der Waals surface area contributed by atoms with Crippen LogP contribution in [0.25, 0.3) is 10.9 Å². The van der Waals surface area contributed by atoms with Crippen LogP contribution in [0.15, 0.2) is 29.1 Å². The topological polar surface area (TPSA) is 72.9 Å². The number of anilines is 1. The number of halogens is 1. The first kappa shape index (κ1) is 9.94. The van der Waals surface area contributed by atoms with E-state index in [2.05, 4.69) is 10.4 Å². The van der Waals surface area contributed by atoms with Crippen LogP contribution in [0.1, 0.15) is 0 Å². The number of aromatic nitrogens is 2. The zero-order chi connectivity index (χ0) is 10.8. The predicted molar refractivity (Wildman–Crippen MR) is 57.9 cm³/mol. The summed E-state index contributed by atoms with van der Waals surface area (Å²) >= 11 is -0.239. The van der Waals surface area contributed by atoms with Crippen LogP contribution < -0.4 is 16.8 Å². The second-order valence-electron chi connectivity index (χ2n) is 2.77. The predicted octanol–water partition coefficient (Wildman–Crippen LogP) is 1.06. The van der Waals surface area contributed by atoms with Crippen LogP contribution in [-0.2, 0) is 0 Å². The summed E-state index contributed by atoms with van der Waals surface area (Å²) < 4.78 is 13.3. The fourth-order valence-electron chi connectivity index (χ4n) is 1.27. The first-order valence-electron chi connectivity index (χ1n) is 4.05. The SMILES string of the molecule is NNc1nc2ccccc2c(=O)n1SF. The normalized spacial score (nSPS) is 10.5. The van der Waals surface area contributed by atoms with E-state index in [0.29, 0.717) is 10.9 Å². The fourth-order valence-corrected chi connectivity index (χ4v) is 1.59. The Labute approximate surface area is 88.5 Å². The van der Waals surface area contributed by atoms with Gasteiger partial charge in [0.15, 0.2) is 12.3 Å². The lowest BCUT2D eigenvalue weighted by Crippen LogP contribution is -2.23. The molecule has 3 N–H and O–H groups in total. The molecule has 0 aliphatic heterocycles. The largest absolute Gasteiger partial charge is 0.293 e. The van der Waals surface area contributed by atoms with Crippen LogP contribution in [0.2, 0.25) is 0 Å². The number of hydrogen-bond donors (Lipinski definition) is 2. The van der Waals surface area contributed by atoms with E-state index in [1.165, 1.54) is 0 Å². The minimum atomic E-state index is -0.485. The van der Waals surface area contributed by atoms with Gasteiger partial charge in [-0.3, -0.25) is 10.2 Å². The number of nitrogen functional groups attached to an aromatic ring is 1. The van der Waals surface area contributed by atoms with E-state index in [0.717, 1.165) is 3.97 Å². The highest BCUT2D eigenvalue weighted by Gasteiger charge is 2.09. The van der Waals surface area contributed by atoms with E-state index in [4.69, 9.17) is 5.84 Å². The zero-order valence-corrected chi connectivity index (χ0v) is 8.29. The molecule has 0 saturated carbocycles. The molecule has 0 amide bonds. The maximum atomic E-state index is 12.5. The lowest BCUT2D eigenvalue weighted by molar-refractivity contribution is 0.902. The standard InChI is InChI=1S/C8H7FN4OS/c9-15-13-7(14)5-3-1-2-4-6(5)11-8(13)12-10/h1-4H,10H2,(H,11,12). The number of rotatable bonds is 2. The third-order valence-electron chi connectivity index (χ3n) is 1.94. The highest BCUT2D eigenvalue weighted by atomic mass is 32.2. The van der Waals surface area contributed by atoms with Crippen LogP contribution in [0, 0.1) is 0 Å². The molecule has 0 saturated heterocycles. The summed E-state index contributed by atoms with van der Waals surface area (Å²) in [7, 11) is 0. The van der Waals surface area contributed by atoms with Gasteiger partial charge in [0, 0.05) is 0 Å². The van der Waals surface area contributed by atoms with E-state index in [-0.39, 0.29) is 18.3 Å². The lowest BCUT2D eigenvalue weighted by Gasteiger charge is -2.06. The van der Waals surface area contributed by atoms with E-state index < -0.39 is 5.56 Å². The highest BCUT2D eigenvalue weighted by molar-refractivity contribution is 7.92. The molecule has 0 atom stereocenters. The first-order valence-corrected chi connectivity index (χ1v) is 4.73. The molecule has 2 rings (SSSR count). The van der Waals surface area contributed by atoms with Crippen molar-refractivity contribution in [3.63, 3.8) is 0 Å². The van der Waals surface area contributed by atoms with Crippen LogP contribution in [0.4, 0.5) is 9.83 Å². The number of nitrogens with zero attached hydrogens (tertiary/aromatic N) is 2. The van der Waals surface area contributed by atoms with Gasteiger partial charge in [0.1, 0.15) is 0 Å². The molecule has 0 aliphatic rings. The van der Waals surface area contributed by atoms with Gasteiger partial charge < -0.3 is 0 Å². The molecule has 0 fully saturated rings. The summed E-state index contributed by atoms with van der Waals surface area (Å²) in [4.78, 5) is 15.7. The average molecular weight is 226 g/mol. The third kappa shape index (κ3) is 1.55. The smallest absolute Gasteiger partial charge is 0.274 e. The molecule has 0 bridgehead atoms. The van der Waals surface area contributed by atoms with E-state index in [1.54, 1.807) is 24.3 Å². The van der Waals surface area contributed by atoms with E-state index in [9.17, 15) is 8.68 Å². The van der Waals surface area contributed by atoms with Crippen molar-refractivity contribution in [2.75, 3.05) is 5.43 Å². The third-order valence-corrected chi connectivity index (χ3v) is 2.41. The fraction of sp³-hybridized carbons (Fsp3) is 0. The van der Waals surface area contributed by atoms with E-state index >= 15 is 0 Å². The lowest BCUT2D eigenvalue weighted by atomic mass is 10.2. The molecule has 0 aliphatic carbocycles. The van der Waals surface area contributed by atoms with Crippen LogP contribution in [-0.4, -0.2) is 8.96 Å². The van der Waals surface area contributed by atoms with Gasteiger partial charge >= 0.3 is 0 Å². The Balaban J connectivity index is 2.88. The molecule has 1 heterocycles. The number of nitrogens with two attached hydrogens (primary N) is 1. The zero-order valence-electron chi connectivity index (χ0n) is 7.48. The number of nitrogens with one attached hydrogen (secondary N) is 1. The minimum absolute atomic E-state index is 0.0220.